The zero-order chi connectivity index (χ0) is 24.9. The first kappa shape index (κ1) is 24.0. The summed E-state index contributed by atoms with van der Waals surface area (Å²) in [5.41, 5.74) is 1.63. The number of thiophene rings is 1. The average Bonchev–Trinajstić information content (AvgIpc) is 3.44. The molecule has 0 aliphatic carbocycles. The Morgan fingerprint density at radius 3 is 2.47 bits per heavy atom. The van der Waals surface area contributed by atoms with Gasteiger partial charge < -0.3 is 19.3 Å². The van der Waals surface area contributed by atoms with Crippen LogP contribution in [0.25, 0.3) is 0 Å². The molecule has 3 heterocycles. The van der Waals surface area contributed by atoms with Crippen LogP contribution in [0.5, 0.6) is 11.5 Å². The molecular weight excluding hydrogens is 506 g/mol. The number of nitrogens with zero attached hydrogens (tertiary/aromatic N) is 1. The van der Waals surface area contributed by atoms with Crippen molar-refractivity contribution in [1.29, 1.82) is 0 Å². The number of aryl methyl sites for hydroxylation is 2. The molecule has 0 bridgehead atoms. The first-order valence-electron chi connectivity index (χ1n) is 9.92. The van der Waals surface area contributed by atoms with Gasteiger partial charge in [0.15, 0.2) is 17.3 Å². The summed E-state index contributed by atoms with van der Waals surface area (Å²) < 4.78 is 44.5. The van der Waals surface area contributed by atoms with Crippen LogP contribution in [0, 0.1) is 27.7 Å². The van der Waals surface area contributed by atoms with Crippen LogP contribution in [-0.4, -0.2) is 32.1 Å². The first-order chi connectivity index (χ1) is 15.9. The second-order valence-electron chi connectivity index (χ2n) is 7.63. The Labute approximate surface area is 204 Å². The highest BCUT2D eigenvalue weighted by atomic mass is 35.5. The third kappa shape index (κ3) is 4.01. The standard InChI is InChI=1S/C21H20ClN3O7S2/c1-8-12(5)33-18(19(8)34(28,29)25-21-15(22)10(3)24-32-21)20(27)23-16-9(2)17-14(30-7-31-17)6-13(16)11(4)26/h6,25H,7H2,1-5H3,(H,23,27). The fourth-order valence-electron chi connectivity index (χ4n) is 3.49. The predicted molar refractivity (Wildman–Crippen MR) is 126 cm³/mol. The van der Waals surface area contributed by atoms with Crippen LogP contribution in [0.1, 0.15) is 48.7 Å². The topological polar surface area (TPSA) is 137 Å². The van der Waals surface area contributed by atoms with Crippen molar-refractivity contribution in [3.63, 3.8) is 0 Å². The van der Waals surface area contributed by atoms with Gasteiger partial charge in [-0.3, -0.25) is 9.59 Å². The molecule has 10 nitrogen and oxygen atoms in total. The lowest BCUT2D eigenvalue weighted by atomic mass is 10.0. The molecule has 34 heavy (non-hydrogen) atoms. The van der Waals surface area contributed by atoms with Crippen molar-refractivity contribution in [2.24, 2.45) is 0 Å². The Hall–Kier alpha value is -3.09. The van der Waals surface area contributed by atoms with E-state index in [2.05, 4.69) is 15.2 Å². The molecule has 0 saturated carbocycles. The Kier molecular flexibility index (Phi) is 6.08. The van der Waals surface area contributed by atoms with E-state index in [1.807, 2.05) is 0 Å². The zero-order valence-electron chi connectivity index (χ0n) is 18.8. The van der Waals surface area contributed by atoms with Crippen LogP contribution in [0.2, 0.25) is 5.02 Å². The van der Waals surface area contributed by atoms with Crippen LogP contribution >= 0.6 is 22.9 Å². The fourth-order valence-corrected chi connectivity index (χ4v) is 6.51. The molecule has 0 atom stereocenters. The fraction of sp³-hybridized carbons (Fsp3) is 0.286. The highest BCUT2D eigenvalue weighted by Gasteiger charge is 2.32. The van der Waals surface area contributed by atoms with E-state index in [4.69, 9.17) is 25.6 Å². The molecule has 1 aliphatic rings. The zero-order valence-corrected chi connectivity index (χ0v) is 21.2. The van der Waals surface area contributed by atoms with Gasteiger partial charge in [-0.2, -0.15) is 0 Å². The number of hydrogen-bond donors (Lipinski definition) is 2. The number of rotatable bonds is 6. The molecule has 0 radical (unpaired) electrons. The Bertz CT molecular complexity index is 1460. The molecule has 180 valence electrons. The van der Waals surface area contributed by atoms with E-state index < -0.39 is 15.9 Å². The lowest BCUT2D eigenvalue weighted by Crippen LogP contribution is -2.20. The number of benzene rings is 1. The van der Waals surface area contributed by atoms with E-state index in [-0.39, 0.29) is 44.5 Å². The van der Waals surface area contributed by atoms with E-state index in [9.17, 15) is 18.0 Å². The number of hydrogen-bond acceptors (Lipinski definition) is 9. The van der Waals surface area contributed by atoms with Crippen molar-refractivity contribution in [2.45, 2.75) is 39.5 Å². The van der Waals surface area contributed by atoms with Crippen molar-refractivity contribution in [2.75, 3.05) is 16.8 Å². The number of ether oxygens (including phenoxy) is 2. The molecule has 0 spiro atoms. The summed E-state index contributed by atoms with van der Waals surface area (Å²) in [6.07, 6.45) is 0. The number of sulfonamides is 1. The summed E-state index contributed by atoms with van der Waals surface area (Å²) in [6, 6.07) is 1.49. The molecule has 2 N–H and O–H groups in total. The Morgan fingerprint density at radius 2 is 1.85 bits per heavy atom. The van der Waals surface area contributed by atoms with Crippen molar-refractivity contribution < 1.29 is 32.0 Å². The molecule has 0 fully saturated rings. The van der Waals surface area contributed by atoms with Gasteiger partial charge in [-0.15, -0.1) is 11.3 Å². The minimum Gasteiger partial charge on any atom is -0.454 e. The summed E-state index contributed by atoms with van der Waals surface area (Å²) in [5, 5.41) is 6.35. The number of aromatic nitrogens is 1. The van der Waals surface area contributed by atoms with Crippen molar-refractivity contribution in [3.8, 4) is 11.5 Å². The van der Waals surface area contributed by atoms with Gasteiger partial charge in [0.1, 0.15) is 20.5 Å². The van der Waals surface area contributed by atoms with E-state index in [0.29, 0.717) is 33.2 Å². The minimum absolute atomic E-state index is 0.00797. The predicted octanol–water partition coefficient (Wildman–Crippen LogP) is 4.61. The first-order valence-corrected chi connectivity index (χ1v) is 12.6. The molecule has 13 heteroatoms. The molecule has 0 saturated heterocycles. The molecule has 2 aromatic heterocycles. The minimum atomic E-state index is -4.28. The van der Waals surface area contributed by atoms with E-state index in [0.717, 1.165) is 11.3 Å². The number of nitrogens with one attached hydrogen (secondary N) is 2. The smallest absolute Gasteiger partial charge is 0.267 e. The summed E-state index contributed by atoms with van der Waals surface area (Å²) in [4.78, 5) is 26.0. The second-order valence-corrected chi connectivity index (χ2v) is 10.8. The molecule has 1 aliphatic heterocycles. The number of halogens is 1. The number of carbonyl (C=O) groups excluding carboxylic acids is 2. The van der Waals surface area contributed by atoms with Crippen molar-refractivity contribution >= 4 is 56.2 Å². The van der Waals surface area contributed by atoms with Crippen LogP contribution in [0.4, 0.5) is 11.6 Å². The maximum Gasteiger partial charge on any atom is 0.267 e. The molecule has 4 rings (SSSR count). The molecule has 1 aromatic carbocycles. The highest BCUT2D eigenvalue weighted by molar-refractivity contribution is 7.93. The van der Waals surface area contributed by atoms with Gasteiger partial charge in [-0.05, 0) is 46.2 Å². The van der Waals surface area contributed by atoms with Gasteiger partial charge >= 0.3 is 0 Å². The number of fused-ring (bicyclic) bond motifs is 1. The van der Waals surface area contributed by atoms with Crippen LogP contribution in [-0.2, 0) is 10.0 Å². The molecule has 3 aromatic rings. The third-order valence-corrected chi connectivity index (χ3v) is 8.62. The third-order valence-electron chi connectivity index (χ3n) is 5.34. The van der Waals surface area contributed by atoms with Crippen LogP contribution < -0.4 is 19.5 Å². The number of carbonyl (C=O) groups is 2. The van der Waals surface area contributed by atoms with Crippen LogP contribution in [0.3, 0.4) is 0 Å². The van der Waals surface area contributed by atoms with Crippen molar-refractivity contribution in [3.05, 3.63) is 43.2 Å². The lowest BCUT2D eigenvalue weighted by Gasteiger charge is -2.15. The summed E-state index contributed by atoms with van der Waals surface area (Å²) >= 11 is 7.06. The van der Waals surface area contributed by atoms with Gasteiger partial charge in [-0.1, -0.05) is 16.8 Å². The lowest BCUT2D eigenvalue weighted by molar-refractivity contribution is 0.101. The van der Waals surface area contributed by atoms with Gasteiger partial charge in [0.05, 0.1) is 5.69 Å². The van der Waals surface area contributed by atoms with E-state index in [1.165, 1.54) is 13.0 Å². The van der Waals surface area contributed by atoms with Gasteiger partial charge in [0.2, 0.25) is 6.79 Å². The maximum atomic E-state index is 13.4. The van der Waals surface area contributed by atoms with E-state index in [1.54, 1.807) is 27.7 Å². The summed E-state index contributed by atoms with van der Waals surface area (Å²) in [6.45, 7) is 7.88. The number of anilines is 2. The molecule has 1 amide bonds. The second kappa shape index (κ2) is 8.60. The van der Waals surface area contributed by atoms with Gasteiger partial charge in [0.25, 0.3) is 21.8 Å². The SMILES string of the molecule is CC(=O)c1cc2c(c(C)c1NC(=O)c1sc(C)c(C)c1S(=O)(=O)Nc1onc(C)c1Cl)OCO2. The largest absolute Gasteiger partial charge is 0.454 e. The Morgan fingerprint density at radius 1 is 1.15 bits per heavy atom. The maximum absolute atomic E-state index is 13.4. The normalized spacial score (nSPS) is 12.6. The number of Topliss-reactive ketones (excluding diaryl/α,β-unsaturated/α-hetero) is 1. The molecular formula is C21H20ClN3O7S2. The average molecular weight is 526 g/mol. The number of amides is 1. The van der Waals surface area contributed by atoms with Gasteiger partial charge in [-0.25, -0.2) is 13.1 Å². The monoisotopic (exact) mass is 525 g/mol. The van der Waals surface area contributed by atoms with Gasteiger partial charge in [0, 0.05) is 16.0 Å². The Balaban J connectivity index is 1.76. The molecule has 0 unspecified atom stereocenters. The quantitative estimate of drug-likeness (QED) is 0.445. The van der Waals surface area contributed by atoms with Crippen LogP contribution in [0.15, 0.2) is 15.5 Å². The summed E-state index contributed by atoms with van der Waals surface area (Å²) in [5.74, 6) is -0.455. The van der Waals surface area contributed by atoms with Crippen molar-refractivity contribution in [1.82, 2.24) is 5.16 Å². The number of ketones is 1. The highest BCUT2D eigenvalue weighted by Crippen LogP contribution is 2.42. The van der Waals surface area contributed by atoms with E-state index >= 15 is 0 Å². The summed E-state index contributed by atoms with van der Waals surface area (Å²) in [7, 11) is -4.28.